The lowest BCUT2D eigenvalue weighted by atomic mass is 10.0. The Morgan fingerprint density at radius 1 is 0.885 bits per heavy atom. The maximum absolute atomic E-state index is 12.4. The van der Waals surface area contributed by atoms with E-state index in [2.05, 4.69) is 4.74 Å². The van der Waals surface area contributed by atoms with Crippen molar-refractivity contribution in [1.82, 2.24) is 0 Å². The Hall–Kier alpha value is -3.28. The number of benzene rings is 2. The molecule has 0 bridgehead atoms. The second-order valence-electron chi connectivity index (χ2n) is 5.37. The highest BCUT2D eigenvalue weighted by molar-refractivity contribution is 6.09. The fourth-order valence-corrected chi connectivity index (χ4v) is 2.28. The lowest BCUT2D eigenvalue weighted by Gasteiger charge is -2.09. The van der Waals surface area contributed by atoms with Gasteiger partial charge in [-0.2, -0.15) is 0 Å². The largest absolute Gasteiger partial charge is 0.573 e. The summed E-state index contributed by atoms with van der Waals surface area (Å²) in [5.74, 6) is 0.0592. The molecule has 0 amide bonds. The Bertz CT molecular complexity index is 891. The van der Waals surface area contributed by atoms with Crippen LogP contribution in [0.15, 0.2) is 71.3 Å². The molecule has 0 N–H and O–H groups in total. The van der Waals surface area contributed by atoms with Crippen molar-refractivity contribution in [3.63, 3.8) is 0 Å². The standard InChI is InChI=1S/C20H13F3O3/c21-20(22,23)26-18-11-8-16(9-12-18)19(24)15-6-3-14(4-7-15)5-10-17-2-1-13-25-17/h1-13H/b10-5+. The Morgan fingerprint density at radius 3 is 2.04 bits per heavy atom. The third-order valence-electron chi connectivity index (χ3n) is 3.51. The number of furan rings is 1. The number of alkyl halides is 3. The van der Waals surface area contributed by atoms with Gasteiger partial charge in [-0.05, 0) is 48.0 Å². The lowest BCUT2D eigenvalue weighted by Crippen LogP contribution is -2.17. The molecule has 0 fully saturated rings. The summed E-state index contributed by atoms with van der Waals surface area (Å²) in [6.07, 6.45) is 0.462. The van der Waals surface area contributed by atoms with Gasteiger partial charge in [0.15, 0.2) is 5.78 Å². The lowest BCUT2D eigenvalue weighted by molar-refractivity contribution is -0.274. The van der Waals surface area contributed by atoms with E-state index in [1.165, 1.54) is 12.1 Å². The minimum Gasteiger partial charge on any atom is -0.465 e. The fraction of sp³-hybridized carbons (Fsp3) is 0.0500. The quantitative estimate of drug-likeness (QED) is 0.559. The molecule has 1 heterocycles. The Morgan fingerprint density at radius 2 is 1.50 bits per heavy atom. The summed E-state index contributed by atoms with van der Waals surface area (Å²) >= 11 is 0. The molecular formula is C20H13F3O3. The highest BCUT2D eigenvalue weighted by Crippen LogP contribution is 2.23. The topological polar surface area (TPSA) is 39.4 Å². The van der Waals surface area contributed by atoms with Crippen LogP contribution >= 0.6 is 0 Å². The number of rotatable bonds is 5. The van der Waals surface area contributed by atoms with Crippen molar-refractivity contribution in [2.24, 2.45) is 0 Å². The molecular weight excluding hydrogens is 345 g/mol. The third-order valence-corrected chi connectivity index (χ3v) is 3.51. The van der Waals surface area contributed by atoms with Crippen molar-refractivity contribution in [1.29, 1.82) is 0 Å². The molecule has 0 spiro atoms. The van der Waals surface area contributed by atoms with Crippen LogP contribution in [-0.2, 0) is 0 Å². The Balaban J connectivity index is 1.69. The molecule has 3 rings (SSSR count). The minimum absolute atomic E-state index is 0.276. The predicted octanol–water partition coefficient (Wildman–Crippen LogP) is 5.58. The molecule has 6 heteroatoms. The molecule has 3 nitrogen and oxygen atoms in total. The highest BCUT2D eigenvalue weighted by Gasteiger charge is 2.31. The Labute approximate surface area is 147 Å². The molecule has 2 aromatic carbocycles. The summed E-state index contributed by atoms with van der Waals surface area (Å²) in [7, 11) is 0. The first-order valence-electron chi connectivity index (χ1n) is 7.63. The van der Waals surface area contributed by atoms with Crippen LogP contribution in [0.3, 0.4) is 0 Å². The number of carbonyl (C=O) groups excluding carboxylic acids is 1. The molecule has 0 unspecified atom stereocenters. The first kappa shape index (κ1) is 17.5. The maximum Gasteiger partial charge on any atom is 0.573 e. The zero-order chi connectivity index (χ0) is 18.6. The monoisotopic (exact) mass is 358 g/mol. The third kappa shape index (κ3) is 4.63. The summed E-state index contributed by atoms with van der Waals surface area (Å²) in [6.45, 7) is 0. The van der Waals surface area contributed by atoms with E-state index in [4.69, 9.17) is 4.42 Å². The van der Waals surface area contributed by atoms with Crippen LogP contribution in [0, 0.1) is 0 Å². The average Bonchev–Trinajstić information content (AvgIpc) is 3.13. The van der Waals surface area contributed by atoms with Gasteiger partial charge in [0, 0.05) is 11.1 Å². The molecule has 3 aromatic rings. The van der Waals surface area contributed by atoms with Crippen LogP contribution in [0.4, 0.5) is 13.2 Å². The van der Waals surface area contributed by atoms with E-state index in [9.17, 15) is 18.0 Å². The number of hydrogen-bond donors (Lipinski definition) is 0. The van der Waals surface area contributed by atoms with Gasteiger partial charge in [-0.15, -0.1) is 13.2 Å². The van der Waals surface area contributed by atoms with Crippen molar-refractivity contribution in [2.75, 3.05) is 0 Å². The van der Waals surface area contributed by atoms with Gasteiger partial charge < -0.3 is 9.15 Å². The molecule has 0 radical (unpaired) electrons. The van der Waals surface area contributed by atoms with Gasteiger partial charge in [-0.25, -0.2) is 0 Å². The van der Waals surface area contributed by atoms with Crippen molar-refractivity contribution < 1.29 is 27.1 Å². The number of hydrogen-bond acceptors (Lipinski definition) is 3. The number of ether oxygens (including phenoxy) is 1. The van der Waals surface area contributed by atoms with Crippen LogP contribution in [-0.4, -0.2) is 12.1 Å². The summed E-state index contributed by atoms with van der Waals surface area (Å²) < 4.78 is 45.4. The van der Waals surface area contributed by atoms with E-state index in [1.54, 1.807) is 42.7 Å². The van der Waals surface area contributed by atoms with Crippen LogP contribution in [0.1, 0.15) is 27.2 Å². The molecule has 0 aliphatic carbocycles. The van der Waals surface area contributed by atoms with E-state index in [0.29, 0.717) is 11.3 Å². The Kier molecular flexibility index (Phi) is 4.93. The normalized spacial score (nSPS) is 11.7. The van der Waals surface area contributed by atoms with E-state index >= 15 is 0 Å². The molecule has 0 aliphatic rings. The van der Waals surface area contributed by atoms with Crippen molar-refractivity contribution in [3.05, 3.63) is 89.4 Å². The summed E-state index contributed by atoms with van der Waals surface area (Å²) in [5, 5.41) is 0. The zero-order valence-corrected chi connectivity index (χ0v) is 13.4. The molecule has 26 heavy (non-hydrogen) atoms. The molecule has 0 aliphatic heterocycles. The molecule has 0 atom stereocenters. The molecule has 1 aromatic heterocycles. The molecule has 0 saturated heterocycles. The van der Waals surface area contributed by atoms with Gasteiger partial charge in [0.25, 0.3) is 0 Å². The van der Waals surface area contributed by atoms with E-state index in [1.807, 2.05) is 12.1 Å². The number of halogens is 3. The van der Waals surface area contributed by atoms with Crippen LogP contribution in [0.5, 0.6) is 5.75 Å². The maximum atomic E-state index is 12.4. The first-order chi connectivity index (χ1) is 12.4. The van der Waals surface area contributed by atoms with Gasteiger partial charge in [0.2, 0.25) is 0 Å². The second kappa shape index (κ2) is 7.31. The highest BCUT2D eigenvalue weighted by atomic mass is 19.4. The van der Waals surface area contributed by atoms with Gasteiger partial charge in [0.1, 0.15) is 11.5 Å². The van der Waals surface area contributed by atoms with Crippen molar-refractivity contribution in [2.45, 2.75) is 6.36 Å². The smallest absolute Gasteiger partial charge is 0.465 e. The van der Waals surface area contributed by atoms with Crippen LogP contribution < -0.4 is 4.74 Å². The fourth-order valence-electron chi connectivity index (χ4n) is 2.28. The van der Waals surface area contributed by atoms with Gasteiger partial charge in [-0.1, -0.05) is 30.3 Å². The van der Waals surface area contributed by atoms with Crippen molar-refractivity contribution in [3.8, 4) is 5.75 Å². The summed E-state index contributed by atoms with van der Waals surface area (Å²) in [6, 6.07) is 15.3. The van der Waals surface area contributed by atoms with E-state index < -0.39 is 6.36 Å². The number of ketones is 1. The van der Waals surface area contributed by atoms with Gasteiger partial charge >= 0.3 is 6.36 Å². The second-order valence-corrected chi connectivity index (χ2v) is 5.37. The summed E-state index contributed by atoms with van der Waals surface area (Å²) in [5.41, 5.74) is 1.59. The molecule has 132 valence electrons. The predicted molar refractivity (Wildman–Crippen MR) is 90.6 cm³/mol. The SMILES string of the molecule is O=C(c1ccc(/C=C/c2ccco2)cc1)c1ccc(OC(F)(F)F)cc1. The average molecular weight is 358 g/mol. The van der Waals surface area contributed by atoms with E-state index in [-0.39, 0.29) is 17.1 Å². The van der Waals surface area contributed by atoms with Crippen molar-refractivity contribution >= 4 is 17.9 Å². The van der Waals surface area contributed by atoms with Gasteiger partial charge in [0.05, 0.1) is 6.26 Å². The van der Waals surface area contributed by atoms with E-state index in [0.717, 1.165) is 17.7 Å². The van der Waals surface area contributed by atoms with Gasteiger partial charge in [-0.3, -0.25) is 4.79 Å². The summed E-state index contributed by atoms with van der Waals surface area (Å²) in [4.78, 5) is 12.4. The van der Waals surface area contributed by atoms with Crippen LogP contribution in [0.25, 0.3) is 12.2 Å². The molecule has 0 saturated carbocycles. The minimum atomic E-state index is -4.76. The number of carbonyl (C=O) groups is 1. The zero-order valence-electron chi connectivity index (χ0n) is 13.4. The van der Waals surface area contributed by atoms with Crippen LogP contribution in [0.2, 0.25) is 0 Å². The first-order valence-corrected chi connectivity index (χ1v) is 7.63.